The van der Waals surface area contributed by atoms with Crippen molar-refractivity contribution in [1.29, 1.82) is 0 Å². The zero-order valence-corrected chi connectivity index (χ0v) is 20.8. The number of halogens is 1. The lowest BCUT2D eigenvalue weighted by atomic mass is 9.96. The van der Waals surface area contributed by atoms with Crippen molar-refractivity contribution in [2.45, 2.75) is 44.2 Å². The Hall–Kier alpha value is -3.85. The summed E-state index contributed by atoms with van der Waals surface area (Å²) in [6, 6.07) is 13.3. The molecule has 1 unspecified atom stereocenters. The molecule has 1 aliphatic heterocycles. The number of aromatic amines is 1. The molecule has 2 aliphatic rings. The summed E-state index contributed by atoms with van der Waals surface area (Å²) >= 11 is 0. The first-order valence-corrected chi connectivity index (χ1v) is 12.7. The summed E-state index contributed by atoms with van der Waals surface area (Å²) in [5.74, 6) is 0.774. The van der Waals surface area contributed by atoms with Gasteiger partial charge in [0.2, 0.25) is 11.8 Å². The number of likely N-dealkylation sites (tertiary alicyclic amines) is 1. The van der Waals surface area contributed by atoms with E-state index in [4.69, 9.17) is 0 Å². The van der Waals surface area contributed by atoms with Crippen LogP contribution < -0.4 is 10.6 Å². The van der Waals surface area contributed by atoms with Crippen molar-refractivity contribution in [3.8, 4) is 11.1 Å². The molecule has 2 fully saturated rings. The number of nitrogens with one attached hydrogen (secondary N) is 3. The van der Waals surface area contributed by atoms with Crippen molar-refractivity contribution in [3.05, 3.63) is 72.1 Å². The molecule has 0 bridgehead atoms. The molecule has 1 aromatic carbocycles. The molecule has 2 amide bonds. The Kier molecular flexibility index (Phi) is 7.41. The predicted octanol–water partition coefficient (Wildman–Crippen LogP) is 4.63. The lowest BCUT2D eigenvalue weighted by Gasteiger charge is -2.13. The molecule has 3 aromatic rings. The first-order chi connectivity index (χ1) is 17.9. The number of nitrogens with zero attached hydrogens (tertiary/aromatic N) is 3. The maximum Gasteiger partial charge on any atom is 0.249 e. The minimum absolute atomic E-state index is 0.121. The van der Waals surface area contributed by atoms with Crippen LogP contribution in [0.5, 0.6) is 0 Å². The Bertz CT molecular complexity index is 1280. The van der Waals surface area contributed by atoms with E-state index in [9.17, 15) is 14.0 Å². The minimum Gasteiger partial charge on any atom is -0.309 e. The number of benzene rings is 1. The Labute approximate surface area is 215 Å². The van der Waals surface area contributed by atoms with Crippen molar-refractivity contribution < 1.29 is 14.0 Å². The predicted molar refractivity (Wildman–Crippen MR) is 141 cm³/mol. The van der Waals surface area contributed by atoms with Gasteiger partial charge in [-0.15, -0.1) is 0 Å². The molecule has 0 spiro atoms. The van der Waals surface area contributed by atoms with Crippen LogP contribution in [-0.4, -0.2) is 57.7 Å². The standard InChI is InChI=1S/C28H31FN6O2/c1-18(28(37)32-26-15-24(33-34-26)19-7-8-19)20-4-2-5-21(14-20)22-9-10-25(30-16-22)31-27(36)6-3-12-35-13-11-23(29)17-35/h2-6,9-10,14-16,18-19,23H,7-8,11-13,17H2,1H3,(H,30,31,36)(H2,32,33,34,37)/b6-3+/t18?,23-/m0/s1. The normalized spacial score (nSPS) is 18.7. The van der Waals surface area contributed by atoms with E-state index >= 15 is 0 Å². The SMILES string of the molecule is CC(C(=O)Nc1cc(C2CC2)[nH]n1)c1cccc(-c2ccc(NC(=O)/C=C/CN3CC[C@H](F)C3)nc2)c1. The fourth-order valence-electron chi connectivity index (χ4n) is 4.44. The van der Waals surface area contributed by atoms with Gasteiger partial charge in [0.1, 0.15) is 12.0 Å². The fourth-order valence-corrected chi connectivity index (χ4v) is 4.44. The maximum atomic E-state index is 13.2. The number of carbonyl (C=O) groups is 2. The lowest BCUT2D eigenvalue weighted by Crippen LogP contribution is -2.21. The number of hydrogen-bond acceptors (Lipinski definition) is 5. The number of carbonyl (C=O) groups excluding carboxylic acids is 2. The van der Waals surface area contributed by atoms with Crippen LogP contribution in [-0.2, 0) is 9.59 Å². The number of H-pyrrole nitrogens is 1. The molecular formula is C28H31FN6O2. The average molecular weight is 503 g/mol. The van der Waals surface area contributed by atoms with E-state index in [1.165, 1.54) is 18.9 Å². The second kappa shape index (κ2) is 11.0. The molecule has 9 heteroatoms. The van der Waals surface area contributed by atoms with Crippen LogP contribution in [0.3, 0.4) is 0 Å². The van der Waals surface area contributed by atoms with Crippen molar-refractivity contribution in [2.75, 3.05) is 30.3 Å². The summed E-state index contributed by atoms with van der Waals surface area (Å²) in [5.41, 5.74) is 3.76. The third kappa shape index (κ3) is 6.48. The molecule has 3 N–H and O–H groups in total. The van der Waals surface area contributed by atoms with E-state index < -0.39 is 6.17 Å². The molecule has 1 saturated carbocycles. The average Bonchev–Trinajstić information content (AvgIpc) is 3.51. The molecule has 1 saturated heterocycles. The summed E-state index contributed by atoms with van der Waals surface area (Å²) < 4.78 is 13.2. The van der Waals surface area contributed by atoms with Gasteiger partial charge in [-0.25, -0.2) is 9.37 Å². The molecule has 37 heavy (non-hydrogen) atoms. The van der Waals surface area contributed by atoms with Gasteiger partial charge in [0.15, 0.2) is 5.82 Å². The number of aromatic nitrogens is 3. The Morgan fingerprint density at radius 3 is 2.73 bits per heavy atom. The fraction of sp³-hybridized carbons (Fsp3) is 0.357. The van der Waals surface area contributed by atoms with E-state index in [-0.39, 0.29) is 17.7 Å². The molecule has 3 heterocycles. The van der Waals surface area contributed by atoms with Gasteiger partial charge in [-0.1, -0.05) is 30.3 Å². The van der Waals surface area contributed by atoms with Crippen molar-refractivity contribution in [3.63, 3.8) is 0 Å². The van der Waals surface area contributed by atoms with E-state index in [2.05, 4.69) is 25.8 Å². The molecule has 0 radical (unpaired) electrons. The number of rotatable bonds is 9. The molecule has 1 aliphatic carbocycles. The molecule has 8 nitrogen and oxygen atoms in total. The van der Waals surface area contributed by atoms with Crippen LogP contribution in [0.4, 0.5) is 16.0 Å². The van der Waals surface area contributed by atoms with Crippen LogP contribution >= 0.6 is 0 Å². The van der Waals surface area contributed by atoms with Gasteiger partial charge in [0.25, 0.3) is 0 Å². The summed E-state index contributed by atoms with van der Waals surface area (Å²) in [4.78, 5) is 31.3. The number of hydrogen-bond donors (Lipinski definition) is 3. The minimum atomic E-state index is -0.770. The number of anilines is 2. The van der Waals surface area contributed by atoms with Gasteiger partial charge in [-0.2, -0.15) is 5.10 Å². The highest BCUT2D eigenvalue weighted by Crippen LogP contribution is 2.39. The van der Waals surface area contributed by atoms with Gasteiger partial charge in [0.05, 0.1) is 5.92 Å². The van der Waals surface area contributed by atoms with E-state index in [1.807, 2.05) is 48.2 Å². The molecule has 2 aromatic heterocycles. The smallest absolute Gasteiger partial charge is 0.249 e. The molecule has 5 rings (SSSR count). The number of pyridine rings is 1. The number of alkyl halides is 1. The van der Waals surface area contributed by atoms with E-state index in [1.54, 1.807) is 18.3 Å². The summed E-state index contributed by atoms with van der Waals surface area (Å²) in [6.45, 7) is 3.56. The van der Waals surface area contributed by atoms with Crippen LogP contribution in [0.2, 0.25) is 0 Å². The van der Waals surface area contributed by atoms with Gasteiger partial charge in [-0.3, -0.25) is 19.6 Å². The molecular weight excluding hydrogens is 471 g/mol. The van der Waals surface area contributed by atoms with Crippen molar-refractivity contribution >= 4 is 23.5 Å². The maximum absolute atomic E-state index is 13.2. The largest absolute Gasteiger partial charge is 0.309 e. The van der Waals surface area contributed by atoms with E-state index in [0.717, 1.165) is 22.4 Å². The quantitative estimate of drug-likeness (QED) is 0.370. The van der Waals surface area contributed by atoms with Crippen molar-refractivity contribution in [2.24, 2.45) is 0 Å². The molecule has 192 valence electrons. The summed E-state index contributed by atoms with van der Waals surface area (Å²) in [6.07, 6.45) is 7.00. The van der Waals surface area contributed by atoms with Crippen LogP contribution in [0, 0.1) is 0 Å². The first kappa shape index (κ1) is 24.8. The summed E-state index contributed by atoms with van der Waals surface area (Å²) in [7, 11) is 0. The topological polar surface area (TPSA) is 103 Å². The lowest BCUT2D eigenvalue weighted by molar-refractivity contribution is -0.117. The van der Waals surface area contributed by atoms with E-state index in [0.29, 0.717) is 43.6 Å². The van der Waals surface area contributed by atoms with Gasteiger partial charge in [-0.05, 0) is 49.4 Å². The Balaban J connectivity index is 1.16. The first-order valence-electron chi connectivity index (χ1n) is 12.7. The monoisotopic (exact) mass is 502 g/mol. The van der Waals surface area contributed by atoms with Crippen LogP contribution in [0.15, 0.2) is 60.8 Å². The van der Waals surface area contributed by atoms with Gasteiger partial charge >= 0.3 is 0 Å². The third-order valence-electron chi connectivity index (χ3n) is 6.84. The Morgan fingerprint density at radius 2 is 2.00 bits per heavy atom. The molecule has 2 atom stereocenters. The number of amides is 2. The van der Waals surface area contributed by atoms with Crippen LogP contribution in [0.1, 0.15) is 49.3 Å². The van der Waals surface area contributed by atoms with Crippen LogP contribution in [0.25, 0.3) is 11.1 Å². The Morgan fingerprint density at radius 1 is 1.14 bits per heavy atom. The van der Waals surface area contributed by atoms with Crippen molar-refractivity contribution in [1.82, 2.24) is 20.1 Å². The summed E-state index contributed by atoms with van der Waals surface area (Å²) in [5, 5.41) is 12.9. The zero-order chi connectivity index (χ0) is 25.8. The van der Waals surface area contributed by atoms with Gasteiger partial charge < -0.3 is 10.6 Å². The zero-order valence-electron chi connectivity index (χ0n) is 20.8. The third-order valence-corrected chi connectivity index (χ3v) is 6.84. The second-order valence-electron chi connectivity index (χ2n) is 9.79. The van der Waals surface area contributed by atoms with Gasteiger partial charge in [0, 0.05) is 55.1 Å². The highest BCUT2D eigenvalue weighted by Gasteiger charge is 2.26. The highest BCUT2D eigenvalue weighted by atomic mass is 19.1. The second-order valence-corrected chi connectivity index (χ2v) is 9.79. The highest BCUT2D eigenvalue weighted by molar-refractivity contribution is 5.98.